The van der Waals surface area contributed by atoms with E-state index >= 15 is 0 Å². The van der Waals surface area contributed by atoms with Gasteiger partial charge in [-0.25, -0.2) is 9.97 Å². The van der Waals surface area contributed by atoms with Crippen LogP contribution in [0.25, 0.3) is 20.4 Å². The van der Waals surface area contributed by atoms with E-state index in [1.54, 1.807) is 0 Å². The number of hydrogen-bond acceptors (Lipinski definition) is 5. The van der Waals surface area contributed by atoms with Crippen LogP contribution in [0.1, 0.15) is 35.7 Å². The van der Waals surface area contributed by atoms with Crippen molar-refractivity contribution in [3.63, 3.8) is 0 Å². The van der Waals surface area contributed by atoms with Crippen molar-refractivity contribution < 1.29 is 4.79 Å². The van der Waals surface area contributed by atoms with Gasteiger partial charge < -0.3 is 4.90 Å². The molecule has 4 aromatic rings. The van der Waals surface area contributed by atoms with Gasteiger partial charge in [0.25, 0.3) is 5.56 Å². The molecule has 1 fully saturated rings. The van der Waals surface area contributed by atoms with Crippen molar-refractivity contribution in [2.45, 2.75) is 32.7 Å². The summed E-state index contributed by atoms with van der Waals surface area (Å²) in [5, 5.41) is 0.923. The van der Waals surface area contributed by atoms with Crippen LogP contribution in [0.4, 0.5) is 0 Å². The van der Waals surface area contributed by atoms with Crippen LogP contribution >= 0.6 is 11.3 Å². The lowest BCUT2D eigenvalue weighted by Crippen LogP contribution is -2.39. The first-order chi connectivity index (χ1) is 14.5. The van der Waals surface area contributed by atoms with Crippen molar-refractivity contribution in [1.29, 1.82) is 0 Å². The minimum absolute atomic E-state index is 0.0480. The largest absolute Gasteiger partial charge is 0.341 e. The summed E-state index contributed by atoms with van der Waals surface area (Å²) >= 11 is 1.36. The Kier molecular flexibility index (Phi) is 4.62. The van der Waals surface area contributed by atoms with E-state index in [9.17, 15) is 9.59 Å². The van der Waals surface area contributed by atoms with Crippen LogP contribution in [0.2, 0.25) is 0 Å². The molecule has 1 aliphatic rings. The number of amides is 1. The van der Waals surface area contributed by atoms with Crippen molar-refractivity contribution in [2.24, 2.45) is 0 Å². The molecule has 0 saturated carbocycles. The number of hydrogen-bond donors (Lipinski definition) is 0. The van der Waals surface area contributed by atoms with Gasteiger partial charge in [-0.15, -0.1) is 11.3 Å². The van der Waals surface area contributed by atoms with Gasteiger partial charge in [-0.3, -0.25) is 14.2 Å². The molecule has 0 radical (unpaired) electrons. The second kappa shape index (κ2) is 7.32. The summed E-state index contributed by atoms with van der Waals surface area (Å²) in [6, 6.07) is 10.8. The number of thiophene rings is 1. The molecule has 30 heavy (non-hydrogen) atoms. The molecule has 0 bridgehead atoms. The van der Waals surface area contributed by atoms with Crippen LogP contribution in [-0.4, -0.2) is 38.4 Å². The van der Waals surface area contributed by atoms with Crippen molar-refractivity contribution in [1.82, 2.24) is 19.4 Å². The quantitative estimate of drug-likeness (QED) is 0.507. The minimum Gasteiger partial charge on any atom is -0.341 e. The number of aryl methyl sites for hydroxylation is 2. The van der Waals surface area contributed by atoms with E-state index in [1.807, 2.05) is 55.1 Å². The molecule has 1 atom stereocenters. The van der Waals surface area contributed by atoms with Crippen LogP contribution in [0.3, 0.4) is 0 Å². The molecule has 1 unspecified atom stereocenters. The van der Waals surface area contributed by atoms with Gasteiger partial charge in [-0.2, -0.15) is 0 Å². The third-order valence-electron chi connectivity index (χ3n) is 5.75. The average Bonchev–Trinajstić information content (AvgIpc) is 3.39. The number of aromatic nitrogens is 3. The maximum absolute atomic E-state index is 13.6. The zero-order valence-corrected chi connectivity index (χ0v) is 17.8. The molecular weight excluding hydrogens is 396 g/mol. The normalized spacial score (nSPS) is 15.2. The van der Waals surface area contributed by atoms with Gasteiger partial charge in [0.2, 0.25) is 5.91 Å². The zero-order chi connectivity index (χ0) is 20.8. The molecule has 6 nitrogen and oxygen atoms in total. The predicted octanol–water partition coefficient (Wildman–Crippen LogP) is 3.83. The fraction of sp³-hybridized carbons (Fsp3) is 0.304. The van der Waals surface area contributed by atoms with Crippen molar-refractivity contribution in [3.8, 4) is 0 Å². The summed E-state index contributed by atoms with van der Waals surface area (Å²) in [7, 11) is 0. The number of likely N-dealkylation sites (tertiary alicyclic amines) is 1. The second-order valence-electron chi connectivity index (χ2n) is 7.84. The van der Waals surface area contributed by atoms with Crippen LogP contribution in [0.5, 0.6) is 0 Å². The topological polar surface area (TPSA) is 68.1 Å². The van der Waals surface area contributed by atoms with E-state index in [1.165, 1.54) is 22.2 Å². The highest BCUT2D eigenvalue weighted by molar-refractivity contribution is 7.25. The van der Waals surface area contributed by atoms with Crippen molar-refractivity contribution in [3.05, 3.63) is 69.9 Å². The molecule has 1 amide bonds. The Labute approximate surface area is 177 Å². The lowest BCUT2D eigenvalue weighted by molar-refractivity contribution is -0.132. The van der Waals surface area contributed by atoms with Gasteiger partial charge in [0.15, 0.2) is 0 Å². The molecule has 7 heteroatoms. The monoisotopic (exact) mass is 418 g/mol. The Morgan fingerprint density at radius 3 is 2.60 bits per heavy atom. The standard InChI is InChI=1S/C23H22N4O2S/c1-14-12-15(2)25-21-17(14)18-20(30-21)23(29)27(13-24-18)19(16-8-4-3-5-9-16)22(28)26-10-6-7-11-26/h3-5,8-9,12-13,19H,6-7,10-11H2,1-2H3. The van der Waals surface area contributed by atoms with E-state index in [4.69, 9.17) is 0 Å². The third-order valence-corrected chi connectivity index (χ3v) is 6.81. The Morgan fingerprint density at radius 2 is 1.87 bits per heavy atom. The molecule has 1 aliphatic heterocycles. The summed E-state index contributed by atoms with van der Waals surface area (Å²) in [5.74, 6) is -0.0480. The van der Waals surface area contributed by atoms with E-state index in [2.05, 4.69) is 9.97 Å². The molecule has 152 valence electrons. The molecule has 0 N–H and O–H groups in total. The van der Waals surface area contributed by atoms with E-state index in [0.29, 0.717) is 10.2 Å². The first-order valence-corrected chi connectivity index (χ1v) is 11.0. The number of rotatable bonds is 3. The second-order valence-corrected chi connectivity index (χ2v) is 8.84. The highest BCUT2D eigenvalue weighted by atomic mass is 32.1. The van der Waals surface area contributed by atoms with E-state index < -0.39 is 6.04 Å². The summed E-state index contributed by atoms with van der Waals surface area (Å²) in [6.07, 6.45) is 3.53. The summed E-state index contributed by atoms with van der Waals surface area (Å²) in [5.41, 5.74) is 3.24. The number of benzene rings is 1. The Bertz CT molecular complexity index is 1320. The van der Waals surface area contributed by atoms with Crippen LogP contribution in [-0.2, 0) is 4.79 Å². The maximum Gasteiger partial charge on any atom is 0.272 e. The lowest BCUT2D eigenvalue weighted by Gasteiger charge is -2.25. The van der Waals surface area contributed by atoms with Gasteiger partial charge >= 0.3 is 0 Å². The molecule has 4 heterocycles. The Balaban J connectivity index is 1.73. The third kappa shape index (κ3) is 3.01. The fourth-order valence-corrected chi connectivity index (χ4v) is 5.52. The zero-order valence-electron chi connectivity index (χ0n) is 17.0. The van der Waals surface area contributed by atoms with Crippen LogP contribution in [0.15, 0.2) is 47.5 Å². The molecule has 5 rings (SSSR count). The van der Waals surface area contributed by atoms with Gasteiger partial charge in [0.1, 0.15) is 15.6 Å². The summed E-state index contributed by atoms with van der Waals surface area (Å²) < 4.78 is 2.04. The summed E-state index contributed by atoms with van der Waals surface area (Å²) in [6.45, 7) is 5.43. The first-order valence-electron chi connectivity index (χ1n) is 10.2. The fourth-order valence-electron chi connectivity index (χ4n) is 4.33. The molecular formula is C23H22N4O2S. The molecule has 1 aromatic carbocycles. The average molecular weight is 419 g/mol. The summed E-state index contributed by atoms with van der Waals surface area (Å²) in [4.78, 5) is 38.9. The molecule has 0 spiro atoms. The molecule has 3 aromatic heterocycles. The number of nitrogens with zero attached hydrogens (tertiary/aromatic N) is 4. The van der Waals surface area contributed by atoms with Crippen molar-refractivity contribution in [2.75, 3.05) is 13.1 Å². The number of carbonyl (C=O) groups excluding carboxylic acids is 1. The highest BCUT2D eigenvalue weighted by Crippen LogP contribution is 2.32. The molecule has 1 saturated heterocycles. The Morgan fingerprint density at radius 1 is 1.13 bits per heavy atom. The van der Waals surface area contributed by atoms with E-state index in [0.717, 1.165) is 53.0 Å². The molecule has 0 aliphatic carbocycles. The number of carbonyl (C=O) groups is 1. The van der Waals surface area contributed by atoms with Gasteiger partial charge in [-0.05, 0) is 43.9 Å². The van der Waals surface area contributed by atoms with Crippen LogP contribution < -0.4 is 5.56 Å². The van der Waals surface area contributed by atoms with E-state index in [-0.39, 0.29) is 11.5 Å². The Hall–Kier alpha value is -3.06. The lowest BCUT2D eigenvalue weighted by atomic mass is 10.1. The number of pyridine rings is 1. The maximum atomic E-state index is 13.6. The number of fused-ring (bicyclic) bond motifs is 3. The van der Waals surface area contributed by atoms with Gasteiger partial charge in [0, 0.05) is 24.2 Å². The predicted molar refractivity (Wildman–Crippen MR) is 119 cm³/mol. The smallest absolute Gasteiger partial charge is 0.272 e. The first kappa shape index (κ1) is 18.9. The SMILES string of the molecule is Cc1cc(C)c2c(n1)sc1c(=O)n(C(C(=O)N3CCCC3)c3ccccc3)cnc12. The highest BCUT2D eigenvalue weighted by Gasteiger charge is 2.31. The van der Waals surface area contributed by atoms with Gasteiger partial charge in [0.05, 0.1) is 11.8 Å². The van der Waals surface area contributed by atoms with Gasteiger partial charge in [-0.1, -0.05) is 30.3 Å². The van der Waals surface area contributed by atoms with Crippen molar-refractivity contribution >= 4 is 37.7 Å². The minimum atomic E-state index is -0.713. The van der Waals surface area contributed by atoms with Crippen LogP contribution in [0, 0.1) is 13.8 Å².